The van der Waals surface area contributed by atoms with Crippen LogP contribution in [0, 0.1) is 5.41 Å². The van der Waals surface area contributed by atoms with Gasteiger partial charge in [-0.3, -0.25) is 4.79 Å². The highest BCUT2D eigenvalue weighted by atomic mass is 16.2. The van der Waals surface area contributed by atoms with Gasteiger partial charge in [-0.05, 0) is 31.0 Å². The van der Waals surface area contributed by atoms with Gasteiger partial charge in [0.2, 0.25) is 5.91 Å². The van der Waals surface area contributed by atoms with Crippen molar-refractivity contribution in [3.63, 3.8) is 0 Å². The maximum atomic E-state index is 12.2. The second-order valence-electron chi connectivity index (χ2n) is 5.64. The third kappa shape index (κ3) is 3.33. The molecule has 1 aromatic rings. The lowest BCUT2D eigenvalue weighted by molar-refractivity contribution is -0.128. The number of hydrogen-bond donors (Lipinski definition) is 3. The van der Waals surface area contributed by atoms with Crippen LogP contribution in [0.5, 0.6) is 0 Å². The number of carbonyl (C=O) groups is 2. The van der Waals surface area contributed by atoms with E-state index in [0.717, 1.165) is 11.3 Å². The van der Waals surface area contributed by atoms with Gasteiger partial charge in [0.25, 0.3) is 0 Å². The van der Waals surface area contributed by atoms with E-state index in [9.17, 15) is 9.59 Å². The first-order chi connectivity index (χ1) is 9.98. The molecule has 0 radical (unpaired) electrons. The first-order valence-corrected chi connectivity index (χ1v) is 7.05. The fourth-order valence-corrected chi connectivity index (χ4v) is 2.55. The van der Waals surface area contributed by atoms with Gasteiger partial charge in [-0.15, -0.1) is 0 Å². The van der Waals surface area contributed by atoms with Gasteiger partial charge in [0.05, 0.1) is 5.41 Å². The van der Waals surface area contributed by atoms with Crippen LogP contribution < -0.4 is 16.4 Å². The Labute approximate surface area is 124 Å². The Morgan fingerprint density at radius 2 is 2.00 bits per heavy atom. The molecule has 1 aliphatic heterocycles. The van der Waals surface area contributed by atoms with Crippen molar-refractivity contribution in [1.29, 1.82) is 0 Å². The summed E-state index contributed by atoms with van der Waals surface area (Å²) in [6.45, 7) is 3.37. The van der Waals surface area contributed by atoms with Gasteiger partial charge in [0.1, 0.15) is 0 Å². The minimum atomic E-state index is -0.504. The second-order valence-corrected chi connectivity index (χ2v) is 5.64. The van der Waals surface area contributed by atoms with Gasteiger partial charge in [0, 0.05) is 32.4 Å². The summed E-state index contributed by atoms with van der Waals surface area (Å²) < 4.78 is 0. The predicted molar refractivity (Wildman–Crippen MR) is 81.7 cm³/mol. The van der Waals surface area contributed by atoms with Gasteiger partial charge < -0.3 is 21.3 Å². The number of likely N-dealkylation sites (tertiary alicyclic amines) is 1. The molecule has 1 aliphatic rings. The molecular weight excluding hydrogens is 268 g/mol. The van der Waals surface area contributed by atoms with Crippen LogP contribution in [-0.4, -0.2) is 37.0 Å². The van der Waals surface area contributed by atoms with Crippen molar-refractivity contribution in [1.82, 2.24) is 10.2 Å². The molecule has 0 bridgehead atoms. The van der Waals surface area contributed by atoms with Gasteiger partial charge >= 0.3 is 6.03 Å². The summed E-state index contributed by atoms with van der Waals surface area (Å²) in [5.41, 5.74) is 6.78. The molecule has 3 amide bonds. The first-order valence-electron chi connectivity index (χ1n) is 7.05. The molecule has 2 rings (SSSR count). The molecule has 1 unspecified atom stereocenters. The SMILES string of the molecule is CNC(=O)C1(C)CCN(C(=O)Nc2ccc(CN)cc2)C1. The van der Waals surface area contributed by atoms with Gasteiger partial charge in [0.15, 0.2) is 0 Å². The number of carbonyl (C=O) groups excluding carboxylic acids is 2. The number of urea groups is 1. The van der Waals surface area contributed by atoms with Crippen LogP contribution in [0.25, 0.3) is 0 Å². The van der Waals surface area contributed by atoms with E-state index in [0.29, 0.717) is 26.1 Å². The average molecular weight is 290 g/mol. The van der Waals surface area contributed by atoms with E-state index in [4.69, 9.17) is 5.73 Å². The number of benzene rings is 1. The van der Waals surface area contributed by atoms with Crippen molar-refractivity contribution in [2.24, 2.45) is 11.1 Å². The Bertz CT molecular complexity index is 529. The maximum Gasteiger partial charge on any atom is 0.321 e. The monoisotopic (exact) mass is 290 g/mol. The molecule has 6 nitrogen and oxygen atoms in total. The molecule has 1 heterocycles. The Morgan fingerprint density at radius 1 is 1.33 bits per heavy atom. The number of hydrogen-bond acceptors (Lipinski definition) is 3. The second kappa shape index (κ2) is 6.13. The molecule has 1 atom stereocenters. The molecule has 114 valence electrons. The fourth-order valence-electron chi connectivity index (χ4n) is 2.55. The summed E-state index contributed by atoms with van der Waals surface area (Å²) in [7, 11) is 1.62. The molecule has 1 aromatic carbocycles. The normalized spacial score (nSPS) is 21.2. The molecule has 6 heteroatoms. The van der Waals surface area contributed by atoms with Gasteiger partial charge in [-0.1, -0.05) is 12.1 Å². The molecule has 0 aliphatic carbocycles. The van der Waals surface area contributed by atoms with Crippen LogP contribution in [0.2, 0.25) is 0 Å². The number of nitrogens with two attached hydrogens (primary N) is 1. The average Bonchev–Trinajstić information content (AvgIpc) is 2.91. The topological polar surface area (TPSA) is 87.5 Å². The van der Waals surface area contributed by atoms with Crippen molar-refractivity contribution in [2.45, 2.75) is 19.9 Å². The standard InChI is InChI=1S/C15H22N4O2/c1-15(13(20)17-2)7-8-19(10-15)14(21)18-12-5-3-11(9-16)4-6-12/h3-6H,7-10,16H2,1-2H3,(H,17,20)(H,18,21). The van der Waals surface area contributed by atoms with Gasteiger partial charge in [-0.2, -0.15) is 0 Å². The third-order valence-electron chi connectivity index (χ3n) is 3.98. The lowest BCUT2D eigenvalue weighted by atomic mass is 9.89. The highest BCUT2D eigenvalue weighted by Crippen LogP contribution is 2.30. The zero-order valence-corrected chi connectivity index (χ0v) is 12.5. The molecule has 0 aromatic heterocycles. The molecule has 1 fully saturated rings. The zero-order chi connectivity index (χ0) is 15.5. The number of rotatable bonds is 3. The van der Waals surface area contributed by atoms with Crippen LogP contribution in [0.4, 0.5) is 10.5 Å². The molecular formula is C15H22N4O2. The summed E-state index contributed by atoms with van der Waals surface area (Å²) in [6.07, 6.45) is 0.673. The Kier molecular flexibility index (Phi) is 4.47. The highest BCUT2D eigenvalue weighted by Gasteiger charge is 2.41. The summed E-state index contributed by atoms with van der Waals surface area (Å²) in [5, 5.41) is 5.50. The number of nitrogens with one attached hydrogen (secondary N) is 2. The minimum absolute atomic E-state index is 0.0231. The summed E-state index contributed by atoms with van der Waals surface area (Å²) >= 11 is 0. The van der Waals surface area contributed by atoms with E-state index < -0.39 is 5.41 Å². The van der Waals surface area contributed by atoms with Crippen LogP contribution >= 0.6 is 0 Å². The lowest BCUT2D eigenvalue weighted by Crippen LogP contribution is -2.41. The van der Waals surface area contributed by atoms with E-state index in [1.165, 1.54) is 0 Å². The van der Waals surface area contributed by atoms with Crippen LogP contribution in [-0.2, 0) is 11.3 Å². The molecule has 21 heavy (non-hydrogen) atoms. The molecule has 0 spiro atoms. The predicted octanol–water partition coefficient (Wildman–Crippen LogP) is 1.14. The Balaban J connectivity index is 1.96. The minimum Gasteiger partial charge on any atom is -0.359 e. The maximum absolute atomic E-state index is 12.2. The van der Waals surface area contributed by atoms with Crippen molar-refractivity contribution >= 4 is 17.6 Å². The first kappa shape index (κ1) is 15.3. The van der Waals surface area contributed by atoms with Crippen molar-refractivity contribution in [2.75, 3.05) is 25.5 Å². The van der Waals surface area contributed by atoms with Gasteiger partial charge in [-0.25, -0.2) is 4.79 Å². The van der Waals surface area contributed by atoms with Crippen LogP contribution in [0.15, 0.2) is 24.3 Å². The molecule has 1 saturated heterocycles. The largest absolute Gasteiger partial charge is 0.359 e. The third-order valence-corrected chi connectivity index (χ3v) is 3.98. The summed E-state index contributed by atoms with van der Waals surface area (Å²) in [4.78, 5) is 25.8. The zero-order valence-electron chi connectivity index (χ0n) is 12.5. The van der Waals surface area contributed by atoms with Crippen molar-refractivity contribution < 1.29 is 9.59 Å². The summed E-state index contributed by atoms with van der Waals surface area (Å²) in [5.74, 6) is -0.0231. The molecule has 4 N–H and O–H groups in total. The smallest absolute Gasteiger partial charge is 0.321 e. The fraction of sp³-hybridized carbons (Fsp3) is 0.467. The van der Waals surface area contributed by atoms with Crippen molar-refractivity contribution in [3.8, 4) is 0 Å². The Hall–Kier alpha value is -2.08. The number of amides is 3. The van der Waals surface area contributed by atoms with E-state index >= 15 is 0 Å². The van der Waals surface area contributed by atoms with E-state index in [1.807, 2.05) is 31.2 Å². The summed E-state index contributed by atoms with van der Waals surface area (Å²) in [6, 6.07) is 7.24. The van der Waals surface area contributed by atoms with Crippen molar-refractivity contribution in [3.05, 3.63) is 29.8 Å². The molecule has 0 saturated carbocycles. The lowest BCUT2D eigenvalue weighted by Gasteiger charge is -2.23. The number of nitrogens with zero attached hydrogens (tertiary/aromatic N) is 1. The van der Waals surface area contributed by atoms with E-state index in [2.05, 4.69) is 10.6 Å². The Morgan fingerprint density at radius 3 is 2.57 bits per heavy atom. The number of anilines is 1. The van der Waals surface area contributed by atoms with Crippen LogP contribution in [0.3, 0.4) is 0 Å². The quantitative estimate of drug-likeness (QED) is 0.780. The van der Waals surface area contributed by atoms with Crippen LogP contribution in [0.1, 0.15) is 18.9 Å². The highest BCUT2D eigenvalue weighted by molar-refractivity contribution is 5.91. The van der Waals surface area contributed by atoms with E-state index in [1.54, 1.807) is 11.9 Å². The van der Waals surface area contributed by atoms with E-state index in [-0.39, 0.29) is 11.9 Å².